The molecule has 0 spiro atoms. The summed E-state index contributed by atoms with van der Waals surface area (Å²) in [6.07, 6.45) is 2.48. The number of piperidine rings is 1. The van der Waals surface area contributed by atoms with Crippen molar-refractivity contribution in [2.24, 2.45) is 5.92 Å². The van der Waals surface area contributed by atoms with Gasteiger partial charge in [0.1, 0.15) is 11.4 Å². The first-order valence-corrected chi connectivity index (χ1v) is 14.8. The summed E-state index contributed by atoms with van der Waals surface area (Å²) in [5, 5.41) is 2.12. The predicted molar refractivity (Wildman–Crippen MR) is 156 cm³/mol. The van der Waals surface area contributed by atoms with Crippen LogP contribution in [0.3, 0.4) is 0 Å². The fourth-order valence-corrected chi connectivity index (χ4v) is 6.16. The average molecular weight is 550 g/mol. The molecule has 3 aromatic rings. The van der Waals surface area contributed by atoms with Gasteiger partial charge in [0.05, 0.1) is 0 Å². The van der Waals surface area contributed by atoms with Crippen LogP contribution < -0.4 is 4.74 Å². The number of nitrogens with zero attached hydrogens (tertiary/aromatic N) is 3. The van der Waals surface area contributed by atoms with E-state index in [9.17, 15) is 9.59 Å². The van der Waals surface area contributed by atoms with Gasteiger partial charge in [-0.15, -0.1) is 0 Å². The molecule has 0 aliphatic carbocycles. The maximum atomic E-state index is 13.1. The molecule has 0 N–H and O–H groups in total. The second-order valence-corrected chi connectivity index (χ2v) is 12.6. The van der Waals surface area contributed by atoms with Crippen molar-refractivity contribution in [2.45, 2.75) is 45.6 Å². The quantitative estimate of drug-likeness (QED) is 0.376. The number of rotatable bonds is 6. The van der Waals surface area contributed by atoms with Crippen LogP contribution in [0, 0.1) is 5.92 Å². The second-order valence-electron chi connectivity index (χ2n) is 11.5. The molecule has 2 aliphatic rings. The largest absolute Gasteiger partial charge is 0.447 e. The van der Waals surface area contributed by atoms with Crippen molar-refractivity contribution >= 4 is 33.4 Å². The Kier molecular flexibility index (Phi) is 8.43. The van der Waals surface area contributed by atoms with E-state index < -0.39 is 5.60 Å². The molecule has 0 bridgehead atoms. The zero-order valence-corrected chi connectivity index (χ0v) is 24.0. The van der Waals surface area contributed by atoms with Crippen molar-refractivity contribution < 1.29 is 19.1 Å². The Balaban J connectivity index is 1.02. The molecule has 2 saturated heterocycles. The van der Waals surface area contributed by atoms with E-state index in [2.05, 4.69) is 41.3 Å². The van der Waals surface area contributed by atoms with E-state index in [-0.39, 0.29) is 17.9 Å². The Hall–Kier alpha value is -3.10. The standard InChI is InChI=1S/C31H39N3O4S/c1-31(2,3)38-30(36)34-20-18-33(19-21-34)29(35)24-13-16-32(17-14-24)15-12-23-8-10-26(11-9-23)37-28-22-25-6-4-5-7-27(25)39-28/h4-11,22,24H,12-21H2,1-3H3. The molecule has 2 aliphatic heterocycles. The maximum Gasteiger partial charge on any atom is 0.410 e. The van der Waals surface area contributed by atoms with Gasteiger partial charge < -0.3 is 24.2 Å². The van der Waals surface area contributed by atoms with Crippen LogP contribution in [0.1, 0.15) is 39.2 Å². The number of carbonyl (C=O) groups is 2. The lowest BCUT2D eigenvalue weighted by Crippen LogP contribution is -2.53. The molecule has 0 saturated carbocycles. The van der Waals surface area contributed by atoms with Crippen molar-refractivity contribution in [3.8, 4) is 10.8 Å². The first-order valence-electron chi connectivity index (χ1n) is 14.0. The van der Waals surface area contributed by atoms with E-state index in [1.54, 1.807) is 16.2 Å². The molecule has 7 nitrogen and oxygen atoms in total. The fraction of sp³-hybridized carbons (Fsp3) is 0.484. The SMILES string of the molecule is CC(C)(C)OC(=O)N1CCN(C(=O)C2CCN(CCc3ccc(Oc4cc5ccccc5s4)cc3)CC2)CC1. The minimum Gasteiger partial charge on any atom is -0.447 e. The summed E-state index contributed by atoms with van der Waals surface area (Å²) in [5.74, 6) is 1.18. The highest BCUT2D eigenvalue weighted by Crippen LogP contribution is 2.34. The molecule has 8 heteroatoms. The molecule has 208 valence electrons. The average Bonchev–Trinajstić information content (AvgIpc) is 3.34. The highest BCUT2D eigenvalue weighted by molar-refractivity contribution is 7.20. The normalized spacial score (nSPS) is 17.4. The summed E-state index contributed by atoms with van der Waals surface area (Å²) >= 11 is 1.66. The van der Waals surface area contributed by atoms with E-state index >= 15 is 0 Å². The van der Waals surface area contributed by atoms with Crippen LogP contribution in [-0.4, -0.2) is 78.1 Å². The second kappa shape index (κ2) is 12.0. The summed E-state index contributed by atoms with van der Waals surface area (Å²) in [6.45, 7) is 10.7. The Morgan fingerprint density at radius 2 is 1.56 bits per heavy atom. The van der Waals surface area contributed by atoms with Gasteiger partial charge in [-0.25, -0.2) is 4.79 Å². The number of hydrogen-bond acceptors (Lipinski definition) is 6. The molecule has 0 radical (unpaired) electrons. The van der Waals surface area contributed by atoms with Crippen molar-refractivity contribution in [3.63, 3.8) is 0 Å². The van der Waals surface area contributed by atoms with Gasteiger partial charge >= 0.3 is 6.09 Å². The van der Waals surface area contributed by atoms with Crippen LogP contribution in [0.2, 0.25) is 0 Å². The maximum absolute atomic E-state index is 13.1. The van der Waals surface area contributed by atoms with Gasteiger partial charge in [-0.1, -0.05) is 41.7 Å². The molecule has 0 unspecified atom stereocenters. The van der Waals surface area contributed by atoms with Crippen LogP contribution in [0.4, 0.5) is 4.79 Å². The predicted octanol–water partition coefficient (Wildman–Crippen LogP) is 6.03. The van der Waals surface area contributed by atoms with Crippen LogP contribution in [0.5, 0.6) is 10.8 Å². The molecule has 1 aromatic heterocycles. The van der Waals surface area contributed by atoms with E-state index in [4.69, 9.17) is 9.47 Å². The molecule has 0 atom stereocenters. The van der Waals surface area contributed by atoms with E-state index in [1.165, 1.54) is 15.6 Å². The third-order valence-corrected chi connectivity index (χ3v) is 8.44. The summed E-state index contributed by atoms with van der Waals surface area (Å²) in [5.41, 5.74) is 0.787. The Morgan fingerprint density at radius 1 is 0.897 bits per heavy atom. The minimum absolute atomic E-state index is 0.0830. The van der Waals surface area contributed by atoms with Crippen LogP contribution in [-0.2, 0) is 16.0 Å². The van der Waals surface area contributed by atoms with Crippen LogP contribution >= 0.6 is 11.3 Å². The highest BCUT2D eigenvalue weighted by Gasteiger charge is 2.32. The molecule has 2 aromatic carbocycles. The number of hydrogen-bond donors (Lipinski definition) is 0. The molecule has 2 amide bonds. The zero-order chi connectivity index (χ0) is 27.4. The third-order valence-electron chi connectivity index (χ3n) is 7.44. The summed E-state index contributed by atoms with van der Waals surface area (Å²) < 4.78 is 12.8. The summed E-state index contributed by atoms with van der Waals surface area (Å²) in [7, 11) is 0. The molecule has 39 heavy (non-hydrogen) atoms. The zero-order valence-electron chi connectivity index (χ0n) is 23.2. The topological polar surface area (TPSA) is 62.3 Å². The number of fused-ring (bicyclic) bond motifs is 1. The number of benzene rings is 2. The lowest BCUT2D eigenvalue weighted by atomic mass is 9.94. The van der Waals surface area contributed by atoms with Gasteiger partial charge in [-0.3, -0.25) is 4.79 Å². The van der Waals surface area contributed by atoms with Gasteiger partial charge in [0, 0.05) is 49.4 Å². The van der Waals surface area contributed by atoms with Crippen molar-refractivity contribution in [1.82, 2.24) is 14.7 Å². The smallest absolute Gasteiger partial charge is 0.410 e. The monoisotopic (exact) mass is 549 g/mol. The lowest BCUT2D eigenvalue weighted by molar-refractivity contribution is -0.138. The van der Waals surface area contributed by atoms with Crippen molar-refractivity contribution in [1.29, 1.82) is 0 Å². The number of thiophene rings is 1. The molecular formula is C31H39N3O4S. The first-order chi connectivity index (χ1) is 18.7. The van der Waals surface area contributed by atoms with Crippen molar-refractivity contribution in [2.75, 3.05) is 45.8 Å². The fourth-order valence-electron chi connectivity index (χ4n) is 5.23. The Labute approximate surface area is 235 Å². The third kappa shape index (κ3) is 7.31. The molecule has 5 rings (SSSR count). The highest BCUT2D eigenvalue weighted by atomic mass is 32.1. The van der Waals surface area contributed by atoms with E-state index in [1.807, 2.05) is 43.9 Å². The van der Waals surface area contributed by atoms with Crippen LogP contribution in [0.15, 0.2) is 54.6 Å². The van der Waals surface area contributed by atoms with E-state index in [0.29, 0.717) is 26.2 Å². The number of piperazine rings is 1. The summed E-state index contributed by atoms with van der Waals surface area (Å²) in [6, 6.07) is 18.8. The van der Waals surface area contributed by atoms with Gasteiger partial charge in [0.15, 0.2) is 5.06 Å². The summed E-state index contributed by atoms with van der Waals surface area (Å²) in [4.78, 5) is 31.5. The Bertz CT molecular complexity index is 1230. The Morgan fingerprint density at radius 3 is 2.23 bits per heavy atom. The van der Waals surface area contributed by atoms with Gasteiger partial charge in [-0.2, -0.15) is 0 Å². The molecular weight excluding hydrogens is 510 g/mol. The minimum atomic E-state index is -0.504. The van der Waals surface area contributed by atoms with Gasteiger partial charge in [-0.05, 0) is 82.3 Å². The van der Waals surface area contributed by atoms with E-state index in [0.717, 1.165) is 49.7 Å². The molecule has 3 heterocycles. The lowest BCUT2D eigenvalue weighted by Gasteiger charge is -2.38. The number of ether oxygens (including phenoxy) is 2. The van der Waals surface area contributed by atoms with Crippen molar-refractivity contribution in [3.05, 3.63) is 60.2 Å². The first kappa shape index (κ1) is 27.5. The van der Waals surface area contributed by atoms with Gasteiger partial charge in [0.25, 0.3) is 0 Å². The number of likely N-dealkylation sites (tertiary alicyclic amines) is 1. The number of amides is 2. The van der Waals surface area contributed by atoms with Gasteiger partial charge in [0.2, 0.25) is 5.91 Å². The van der Waals surface area contributed by atoms with Crippen LogP contribution in [0.25, 0.3) is 10.1 Å². The molecule has 2 fully saturated rings. The number of carbonyl (C=O) groups excluding carboxylic acids is 2.